The quantitative estimate of drug-likeness (QED) is 0.351. The Morgan fingerprint density at radius 2 is 1.79 bits per heavy atom. The molecule has 5 heteroatoms. The zero-order chi connectivity index (χ0) is 17.4. The average Bonchev–Trinajstić information content (AvgIpc) is 2.64. The molecule has 0 spiro atoms. The van der Waals surface area contributed by atoms with Crippen molar-refractivity contribution >= 4 is 14.2 Å². The summed E-state index contributed by atoms with van der Waals surface area (Å²) >= 11 is 0. The van der Waals surface area contributed by atoms with Crippen LogP contribution >= 0.6 is 8.46 Å². The SMILES string of the molecule is COc1cccc(OC)c1C(=O)C(CCCP=O)C1CCCCC1. The first-order valence-corrected chi connectivity index (χ1v) is 9.77. The average molecular weight is 350 g/mol. The summed E-state index contributed by atoms with van der Waals surface area (Å²) in [6.45, 7) is 0. The molecule has 4 nitrogen and oxygen atoms in total. The van der Waals surface area contributed by atoms with Gasteiger partial charge in [-0.25, -0.2) is 0 Å². The minimum Gasteiger partial charge on any atom is -0.496 e. The fourth-order valence-corrected chi connectivity index (χ4v) is 4.08. The summed E-state index contributed by atoms with van der Waals surface area (Å²) in [6, 6.07) is 5.45. The lowest BCUT2D eigenvalue weighted by Crippen LogP contribution is -2.27. The third-order valence-electron chi connectivity index (χ3n) is 4.99. The molecule has 0 radical (unpaired) electrons. The third kappa shape index (κ3) is 4.57. The summed E-state index contributed by atoms with van der Waals surface area (Å²) in [5.74, 6) is 1.62. The molecule has 1 unspecified atom stereocenters. The fraction of sp³-hybridized carbons (Fsp3) is 0.632. The molecule has 0 saturated heterocycles. The van der Waals surface area contributed by atoms with Gasteiger partial charge in [0.25, 0.3) is 0 Å². The summed E-state index contributed by atoms with van der Waals surface area (Å²) in [5, 5.41) is 0. The number of benzene rings is 1. The Labute approximate surface area is 146 Å². The molecule has 132 valence electrons. The highest BCUT2D eigenvalue weighted by Gasteiger charge is 2.32. The van der Waals surface area contributed by atoms with Crippen molar-refractivity contribution in [3.05, 3.63) is 23.8 Å². The monoisotopic (exact) mass is 350 g/mol. The maximum absolute atomic E-state index is 13.4. The molecular formula is C19H27O4P. The number of ketones is 1. The van der Waals surface area contributed by atoms with Gasteiger partial charge in [0, 0.05) is 12.1 Å². The van der Waals surface area contributed by atoms with Crippen LogP contribution in [0.15, 0.2) is 18.2 Å². The predicted molar refractivity (Wildman–Crippen MR) is 95.6 cm³/mol. The second kappa shape index (κ2) is 9.78. The van der Waals surface area contributed by atoms with Gasteiger partial charge in [0.1, 0.15) is 17.1 Å². The number of carbonyl (C=O) groups is 1. The minimum atomic E-state index is -0.0442. The highest BCUT2D eigenvalue weighted by molar-refractivity contribution is 7.23. The van der Waals surface area contributed by atoms with Crippen molar-refractivity contribution < 1.29 is 18.8 Å². The Kier molecular flexibility index (Phi) is 7.71. The van der Waals surface area contributed by atoms with E-state index in [9.17, 15) is 9.36 Å². The van der Waals surface area contributed by atoms with Crippen LogP contribution < -0.4 is 9.47 Å². The molecule has 0 amide bonds. The van der Waals surface area contributed by atoms with Crippen molar-refractivity contribution in [1.29, 1.82) is 0 Å². The molecule has 1 fully saturated rings. The van der Waals surface area contributed by atoms with E-state index in [-0.39, 0.29) is 20.2 Å². The van der Waals surface area contributed by atoms with Gasteiger partial charge in [0.2, 0.25) is 0 Å². The van der Waals surface area contributed by atoms with Crippen molar-refractivity contribution in [1.82, 2.24) is 0 Å². The lowest BCUT2D eigenvalue weighted by Gasteiger charge is -2.30. The van der Waals surface area contributed by atoms with Gasteiger partial charge >= 0.3 is 0 Å². The molecule has 0 aromatic heterocycles. The number of carbonyl (C=O) groups excluding carboxylic acids is 1. The maximum Gasteiger partial charge on any atom is 0.173 e. The van der Waals surface area contributed by atoms with Gasteiger partial charge in [-0.05, 0) is 43.7 Å². The van der Waals surface area contributed by atoms with Crippen LogP contribution in [0.4, 0.5) is 0 Å². The second-order valence-corrected chi connectivity index (χ2v) is 7.11. The molecule has 2 rings (SSSR count). The van der Waals surface area contributed by atoms with E-state index in [1.165, 1.54) is 19.3 Å². The van der Waals surface area contributed by atoms with Crippen molar-refractivity contribution in [3.63, 3.8) is 0 Å². The van der Waals surface area contributed by atoms with Gasteiger partial charge in [0.15, 0.2) is 14.2 Å². The summed E-state index contributed by atoms with van der Waals surface area (Å²) in [5.41, 5.74) is 0.553. The number of ether oxygens (including phenoxy) is 2. The lowest BCUT2D eigenvalue weighted by molar-refractivity contribution is 0.0826. The maximum atomic E-state index is 13.4. The highest BCUT2D eigenvalue weighted by atomic mass is 31.1. The Bertz CT molecular complexity index is 530. The molecule has 1 atom stereocenters. The normalized spacial score (nSPS) is 16.8. The van der Waals surface area contributed by atoms with E-state index in [1.54, 1.807) is 14.2 Å². The first-order chi connectivity index (χ1) is 11.7. The molecule has 1 aliphatic carbocycles. The van der Waals surface area contributed by atoms with Crippen LogP contribution in [0, 0.1) is 11.8 Å². The Morgan fingerprint density at radius 3 is 2.33 bits per heavy atom. The van der Waals surface area contributed by atoms with Crippen molar-refractivity contribution in [2.75, 3.05) is 20.4 Å². The number of Topliss-reactive ketones (excluding diaryl/α,β-unsaturated/α-hetero) is 1. The fourth-order valence-electron chi connectivity index (χ4n) is 3.77. The summed E-state index contributed by atoms with van der Waals surface area (Å²) in [4.78, 5) is 13.4. The van der Waals surface area contributed by atoms with E-state index in [4.69, 9.17) is 9.47 Å². The first kappa shape index (κ1) is 18.9. The van der Waals surface area contributed by atoms with E-state index in [1.807, 2.05) is 18.2 Å². The number of hydrogen-bond acceptors (Lipinski definition) is 4. The first-order valence-electron chi connectivity index (χ1n) is 8.77. The van der Waals surface area contributed by atoms with Gasteiger partial charge in [-0.2, -0.15) is 0 Å². The van der Waals surface area contributed by atoms with Crippen LogP contribution in [0.1, 0.15) is 55.3 Å². The van der Waals surface area contributed by atoms with Crippen LogP contribution in [-0.4, -0.2) is 26.2 Å². The standard InChI is InChI=1S/C19H27O4P/c1-22-16-11-6-12-17(23-2)18(16)19(20)15(10-7-13-24-21)14-8-4-3-5-9-14/h6,11-12,14-15H,3-5,7-10,13H2,1-2H3. The number of rotatable bonds is 9. The Morgan fingerprint density at radius 1 is 1.17 bits per heavy atom. The van der Waals surface area contributed by atoms with Gasteiger partial charge < -0.3 is 9.47 Å². The molecule has 0 heterocycles. The van der Waals surface area contributed by atoms with Crippen LogP contribution in [0.2, 0.25) is 0 Å². The second-order valence-electron chi connectivity index (χ2n) is 6.40. The van der Waals surface area contributed by atoms with Crippen molar-refractivity contribution in [2.24, 2.45) is 11.8 Å². The smallest absolute Gasteiger partial charge is 0.173 e. The summed E-state index contributed by atoms with van der Waals surface area (Å²) in [6.07, 6.45) is 8.03. The molecule has 1 aromatic rings. The van der Waals surface area contributed by atoms with Crippen LogP contribution in [0.25, 0.3) is 0 Å². The van der Waals surface area contributed by atoms with Crippen molar-refractivity contribution in [2.45, 2.75) is 44.9 Å². The van der Waals surface area contributed by atoms with E-state index in [2.05, 4.69) is 0 Å². The van der Waals surface area contributed by atoms with Crippen LogP contribution in [-0.2, 0) is 4.57 Å². The van der Waals surface area contributed by atoms with E-state index in [0.29, 0.717) is 29.1 Å². The van der Waals surface area contributed by atoms with Gasteiger partial charge in [-0.1, -0.05) is 25.3 Å². The Hall–Kier alpha value is -1.41. The number of hydrogen-bond donors (Lipinski definition) is 0. The molecule has 1 saturated carbocycles. The molecule has 0 bridgehead atoms. The molecule has 0 aliphatic heterocycles. The van der Waals surface area contributed by atoms with Crippen LogP contribution in [0.5, 0.6) is 11.5 Å². The van der Waals surface area contributed by atoms with E-state index >= 15 is 0 Å². The van der Waals surface area contributed by atoms with Gasteiger partial charge in [-0.15, -0.1) is 0 Å². The molecule has 1 aliphatic rings. The van der Waals surface area contributed by atoms with Gasteiger partial charge in [-0.3, -0.25) is 9.36 Å². The number of methoxy groups -OCH3 is 2. The lowest BCUT2D eigenvalue weighted by atomic mass is 9.74. The van der Waals surface area contributed by atoms with Crippen LogP contribution in [0.3, 0.4) is 0 Å². The van der Waals surface area contributed by atoms with Crippen molar-refractivity contribution in [3.8, 4) is 11.5 Å². The largest absolute Gasteiger partial charge is 0.496 e. The Balaban J connectivity index is 2.30. The third-order valence-corrected chi connectivity index (χ3v) is 5.49. The zero-order valence-corrected chi connectivity index (χ0v) is 15.5. The minimum absolute atomic E-state index is 0.0442. The highest BCUT2D eigenvalue weighted by Crippen LogP contribution is 2.38. The summed E-state index contributed by atoms with van der Waals surface area (Å²) in [7, 11) is 3.32. The molecule has 24 heavy (non-hydrogen) atoms. The van der Waals surface area contributed by atoms with E-state index < -0.39 is 0 Å². The predicted octanol–water partition coefficient (Wildman–Crippen LogP) is 5.15. The zero-order valence-electron chi connectivity index (χ0n) is 14.6. The molecule has 1 aromatic carbocycles. The van der Waals surface area contributed by atoms with Gasteiger partial charge in [0.05, 0.1) is 14.2 Å². The van der Waals surface area contributed by atoms with E-state index in [0.717, 1.165) is 25.7 Å². The molecule has 0 N–H and O–H groups in total. The summed E-state index contributed by atoms with van der Waals surface area (Å²) < 4.78 is 21.6. The molecular weight excluding hydrogens is 323 g/mol. The topological polar surface area (TPSA) is 52.6 Å².